The van der Waals surface area contributed by atoms with Crippen LogP contribution in [0.3, 0.4) is 0 Å². The molecular formula is C43H40N2O5S2. The van der Waals surface area contributed by atoms with Crippen molar-refractivity contribution < 1.29 is 24.2 Å². The molecule has 1 heterocycles. The van der Waals surface area contributed by atoms with Gasteiger partial charge in [0.1, 0.15) is 18.7 Å². The number of thioether (sulfide) groups is 2. The van der Waals surface area contributed by atoms with Crippen molar-refractivity contribution in [2.75, 3.05) is 18.1 Å². The van der Waals surface area contributed by atoms with E-state index in [0.717, 1.165) is 38.9 Å². The summed E-state index contributed by atoms with van der Waals surface area (Å²) in [6.07, 6.45) is -0.734. The van der Waals surface area contributed by atoms with Gasteiger partial charge in [0.25, 0.3) is 0 Å². The van der Waals surface area contributed by atoms with E-state index >= 15 is 0 Å². The highest BCUT2D eigenvalue weighted by atomic mass is 32.2. The number of amides is 2. The number of alkyl carbamates (subject to hydrolysis) is 1. The van der Waals surface area contributed by atoms with Crippen LogP contribution in [0.1, 0.15) is 47.6 Å². The number of carbonyl (C=O) groups is 3. The number of ether oxygens (including phenoxy) is 1. The van der Waals surface area contributed by atoms with Crippen molar-refractivity contribution in [3.63, 3.8) is 0 Å². The molecule has 2 atom stereocenters. The molecule has 0 aromatic heterocycles. The van der Waals surface area contributed by atoms with Gasteiger partial charge in [-0.3, -0.25) is 4.79 Å². The monoisotopic (exact) mass is 728 g/mol. The Hall–Kier alpha value is -4.99. The molecule has 5 aromatic rings. The highest BCUT2D eigenvalue weighted by molar-refractivity contribution is 8.01. The summed E-state index contributed by atoms with van der Waals surface area (Å²) in [7, 11) is 0. The number of carbonyl (C=O) groups excluding carboxylic acids is 2. The van der Waals surface area contributed by atoms with E-state index in [0.29, 0.717) is 0 Å². The molecule has 9 heteroatoms. The fraction of sp³-hybridized carbons (Fsp3) is 0.233. The van der Waals surface area contributed by atoms with Crippen molar-refractivity contribution in [2.45, 2.75) is 41.5 Å². The smallest absolute Gasteiger partial charge is 0.407 e. The van der Waals surface area contributed by atoms with Gasteiger partial charge in [0.15, 0.2) is 0 Å². The molecule has 2 amide bonds. The predicted octanol–water partition coefficient (Wildman–Crippen LogP) is 8.38. The fourth-order valence-electron chi connectivity index (χ4n) is 7.50. The molecule has 1 aliphatic carbocycles. The van der Waals surface area contributed by atoms with E-state index in [1.165, 1.54) is 28.4 Å². The Morgan fingerprint density at radius 1 is 0.788 bits per heavy atom. The van der Waals surface area contributed by atoms with E-state index in [4.69, 9.17) is 4.74 Å². The van der Waals surface area contributed by atoms with Gasteiger partial charge in [-0.05, 0) is 52.8 Å². The summed E-state index contributed by atoms with van der Waals surface area (Å²) in [6.45, 7) is 3.77. The highest BCUT2D eigenvalue weighted by Gasteiger charge is 2.49. The molecule has 1 aliphatic heterocycles. The summed E-state index contributed by atoms with van der Waals surface area (Å²) < 4.78 is 5.17. The van der Waals surface area contributed by atoms with Crippen LogP contribution in [-0.4, -0.2) is 63.0 Å². The van der Waals surface area contributed by atoms with Crippen molar-refractivity contribution in [1.82, 2.24) is 10.2 Å². The largest absolute Gasteiger partial charge is 0.480 e. The Morgan fingerprint density at radius 2 is 1.25 bits per heavy atom. The lowest BCUT2D eigenvalue weighted by Gasteiger charge is -2.39. The third-order valence-electron chi connectivity index (χ3n) is 9.95. The molecule has 0 radical (unpaired) electrons. The van der Waals surface area contributed by atoms with E-state index < -0.39 is 39.7 Å². The molecule has 0 bridgehead atoms. The van der Waals surface area contributed by atoms with Gasteiger partial charge < -0.3 is 20.1 Å². The highest BCUT2D eigenvalue weighted by Crippen LogP contribution is 2.49. The SMILES string of the molecule is CC1(C)SC[C@@H](C(=O)O)N1C(=O)[C@H](CSC(c1ccccc1)(c1ccccc1)c1ccccc1)NC(=O)OCC1c2ccccc2-c2ccccc21. The predicted molar refractivity (Wildman–Crippen MR) is 208 cm³/mol. The van der Waals surface area contributed by atoms with E-state index in [9.17, 15) is 19.5 Å². The Balaban J connectivity index is 1.23. The first-order valence-corrected chi connectivity index (χ1v) is 19.3. The fourth-order valence-corrected chi connectivity index (χ4v) is 10.3. The van der Waals surface area contributed by atoms with E-state index in [2.05, 4.69) is 66.0 Å². The molecule has 5 aromatic carbocycles. The molecular weight excluding hydrogens is 689 g/mol. The zero-order valence-corrected chi connectivity index (χ0v) is 30.6. The van der Waals surface area contributed by atoms with Gasteiger partial charge in [-0.1, -0.05) is 140 Å². The van der Waals surface area contributed by atoms with Crippen LogP contribution in [0, 0.1) is 0 Å². The van der Waals surface area contributed by atoms with Crippen LogP contribution in [0.5, 0.6) is 0 Å². The molecule has 2 N–H and O–H groups in total. The molecule has 0 spiro atoms. The van der Waals surface area contributed by atoms with Gasteiger partial charge >= 0.3 is 12.1 Å². The molecule has 1 fully saturated rings. The van der Waals surface area contributed by atoms with Crippen LogP contribution >= 0.6 is 23.5 Å². The Kier molecular flexibility index (Phi) is 10.2. The topological polar surface area (TPSA) is 95.9 Å². The van der Waals surface area contributed by atoms with Crippen molar-refractivity contribution in [2.24, 2.45) is 0 Å². The molecule has 7 rings (SSSR count). The Labute approximate surface area is 312 Å². The van der Waals surface area contributed by atoms with Crippen LogP contribution in [0.25, 0.3) is 11.1 Å². The van der Waals surface area contributed by atoms with Crippen LogP contribution in [0.4, 0.5) is 4.79 Å². The molecule has 264 valence electrons. The van der Waals surface area contributed by atoms with Crippen LogP contribution < -0.4 is 5.32 Å². The van der Waals surface area contributed by atoms with Gasteiger partial charge in [-0.25, -0.2) is 9.59 Å². The first-order chi connectivity index (χ1) is 25.2. The second-order valence-corrected chi connectivity index (χ2v) is 16.3. The van der Waals surface area contributed by atoms with Gasteiger partial charge in [-0.2, -0.15) is 0 Å². The van der Waals surface area contributed by atoms with Crippen molar-refractivity contribution >= 4 is 41.5 Å². The Morgan fingerprint density at radius 3 is 1.73 bits per heavy atom. The maximum Gasteiger partial charge on any atom is 0.407 e. The number of benzene rings is 5. The minimum Gasteiger partial charge on any atom is -0.480 e. The summed E-state index contributed by atoms with van der Waals surface area (Å²) in [4.78, 5) is 41.6. The van der Waals surface area contributed by atoms with Crippen molar-refractivity contribution in [3.8, 4) is 11.1 Å². The minimum atomic E-state index is -1.10. The summed E-state index contributed by atoms with van der Waals surface area (Å²) in [5, 5.41) is 13.1. The molecule has 2 aliphatic rings. The quantitative estimate of drug-likeness (QED) is 0.132. The van der Waals surface area contributed by atoms with Gasteiger partial charge in [0.05, 0.1) is 9.62 Å². The zero-order chi connectivity index (χ0) is 36.3. The lowest BCUT2D eigenvalue weighted by atomic mass is 9.84. The van der Waals surface area contributed by atoms with Crippen LogP contribution in [0.15, 0.2) is 140 Å². The summed E-state index contributed by atoms with van der Waals surface area (Å²) in [5.41, 5.74) is 7.41. The van der Waals surface area contributed by atoms with Gasteiger partial charge in [0, 0.05) is 17.4 Å². The molecule has 7 nitrogen and oxygen atoms in total. The molecule has 52 heavy (non-hydrogen) atoms. The number of fused-ring (bicyclic) bond motifs is 3. The van der Waals surface area contributed by atoms with E-state index in [1.54, 1.807) is 0 Å². The number of rotatable bonds is 11. The summed E-state index contributed by atoms with van der Waals surface area (Å²) >= 11 is 2.94. The molecule has 0 saturated carbocycles. The van der Waals surface area contributed by atoms with Crippen LogP contribution in [-0.2, 0) is 19.1 Å². The number of aliphatic carboxylic acids is 1. The van der Waals surface area contributed by atoms with E-state index in [-0.39, 0.29) is 24.0 Å². The first-order valence-electron chi connectivity index (χ1n) is 17.3. The Bertz CT molecular complexity index is 1920. The second-order valence-electron chi connectivity index (χ2n) is 13.4. The normalized spacial score (nSPS) is 16.8. The number of nitrogens with zero attached hydrogens (tertiary/aromatic N) is 1. The third kappa shape index (κ3) is 6.71. The maximum atomic E-state index is 14.7. The maximum absolute atomic E-state index is 14.7. The lowest BCUT2D eigenvalue weighted by Crippen LogP contribution is -2.58. The number of carboxylic acid groups (broad SMARTS) is 1. The van der Waals surface area contributed by atoms with Gasteiger partial charge in [-0.15, -0.1) is 23.5 Å². The summed E-state index contributed by atoms with van der Waals surface area (Å²) in [6, 6.07) is 44.4. The minimum absolute atomic E-state index is 0.0821. The zero-order valence-electron chi connectivity index (χ0n) is 29.0. The third-order valence-corrected chi connectivity index (χ3v) is 13.0. The summed E-state index contributed by atoms with van der Waals surface area (Å²) in [5.74, 6) is -1.32. The number of hydrogen-bond acceptors (Lipinski definition) is 6. The first kappa shape index (κ1) is 35.4. The average Bonchev–Trinajstić information content (AvgIpc) is 3.68. The average molecular weight is 729 g/mol. The number of carboxylic acids is 1. The number of nitrogens with one attached hydrogen (secondary N) is 1. The van der Waals surface area contributed by atoms with E-state index in [1.807, 2.05) is 92.7 Å². The molecule has 0 unspecified atom stereocenters. The molecule has 1 saturated heterocycles. The van der Waals surface area contributed by atoms with Crippen molar-refractivity contribution in [1.29, 1.82) is 0 Å². The standard InChI is InChI=1S/C43H40N2O5S2/c1-42(2)45(38(28-51-42)40(47)48)39(46)37(44-41(49)50-26-36-34-24-14-12-22-32(34)33-23-13-15-25-35(33)36)27-52-43(29-16-6-3-7-17-29,30-18-8-4-9-19-30)31-20-10-5-11-21-31/h3-25,36-38H,26-28H2,1-2H3,(H,44,49)(H,47,48)/t37-,38-/m0/s1. The van der Waals surface area contributed by atoms with Crippen molar-refractivity contribution in [3.05, 3.63) is 167 Å². The number of hydrogen-bond donors (Lipinski definition) is 2. The van der Waals surface area contributed by atoms with Crippen LogP contribution in [0.2, 0.25) is 0 Å². The van der Waals surface area contributed by atoms with Gasteiger partial charge in [0.2, 0.25) is 5.91 Å². The second kappa shape index (κ2) is 14.9. The lowest BCUT2D eigenvalue weighted by molar-refractivity contribution is -0.151.